The van der Waals surface area contributed by atoms with Crippen molar-refractivity contribution in [1.82, 2.24) is 4.90 Å². The molecule has 0 radical (unpaired) electrons. The largest absolute Gasteiger partial charge is 0.465 e. The highest BCUT2D eigenvalue weighted by Crippen LogP contribution is 2.71. The highest BCUT2D eigenvalue weighted by molar-refractivity contribution is 8.02. The number of carbonyl (C=O) groups excluding carboxylic acids is 3. The second-order valence-electron chi connectivity index (χ2n) is 10.7. The summed E-state index contributed by atoms with van der Waals surface area (Å²) in [7, 11) is 0. The maximum atomic E-state index is 14.5. The van der Waals surface area contributed by atoms with E-state index < -0.39 is 33.3 Å². The summed E-state index contributed by atoms with van der Waals surface area (Å²) in [4.78, 5) is 47.2. The maximum absolute atomic E-state index is 14.5. The van der Waals surface area contributed by atoms with Crippen molar-refractivity contribution in [3.05, 3.63) is 49.6 Å². The molecular formula is C30H41N3O5S. The van der Waals surface area contributed by atoms with Crippen molar-refractivity contribution in [3.63, 3.8) is 0 Å². The van der Waals surface area contributed by atoms with Gasteiger partial charge in [-0.15, -0.1) is 24.9 Å². The van der Waals surface area contributed by atoms with E-state index in [4.69, 9.17) is 4.74 Å². The topological polar surface area (TPSA) is 90.4 Å². The average Bonchev–Trinajstić information content (AvgIpc) is 3.49. The Bertz CT molecular complexity index is 1110. The second-order valence-corrected chi connectivity index (χ2v) is 12.6. The van der Waals surface area contributed by atoms with Gasteiger partial charge >= 0.3 is 5.97 Å². The number of rotatable bonds is 13. The number of benzene rings is 1. The van der Waals surface area contributed by atoms with Gasteiger partial charge in [-0.25, -0.2) is 0 Å². The molecule has 3 fully saturated rings. The Morgan fingerprint density at radius 3 is 2.41 bits per heavy atom. The number of aliphatic hydroxyl groups excluding tert-OH is 1. The van der Waals surface area contributed by atoms with Gasteiger partial charge in [-0.3, -0.25) is 14.4 Å². The fraction of sp³-hybridized carbons (Fsp3) is 0.567. The molecular weight excluding hydrogens is 514 g/mol. The number of likely N-dealkylation sites (tertiary alicyclic amines) is 1. The van der Waals surface area contributed by atoms with Gasteiger partial charge in [-0.1, -0.05) is 12.2 Å². The molecule has 0 aliphatic carbocycles. The fourth-order valence-electron chi connectivity index (χ4n) is 6.78. The first kappa shape index (κ1) is 29.2. The van der Waals surface area contributed by atoms with Crippen LogP contribution in [0.5, 0.6) is 0 Å². The standard InChI is InChI=1S/C30H41N3O5S/c1-6-10-20-38-28(37)24-23-26(35)33(18-19-34)25(30(23)16-15-29(24,5)39-30)27(36)32(17-7-2)22-13-11-21(12-14-22)31(8-3)9-4/h6-7,11-14,23-25,34H,1-2,8-10,15-20H2,3-5H3/t23-,24-,25?,29+,30?/m0/s1. The zero-order valence-corrected chi connectivity index (χ0v) is 24.1. The maximum Gasteiger partial charge on any atom is 0.311 e. The number of esters is 1. The number of aliphatic hydroxyl groups is 1. The van der Waals surface area contributed by atoms with E-state index in [2.05, 4.69) is 31.9 Å². The number of ether oxygens (including phenoxy) is 1. The molecule has 1 aromatic carbocycles. The third-order valence-electron chi connectivity index (χ3n) is 8.54. The van der Waals surface area contributed by atoms with Crippen molar-refractivity contribution >= 4 is 40.9 Å². The zero-order chi connectivity index (χ0) is 28.4. The minimum absolute atomic E-state index is 0.0336. The lowest BCUT2D eigenvalue weighted by atomic mass is 9.66. The van der Waals surface area contributed by atoms with Crippen LogP contribution in [0.2, 0.25) is 0 Å². The molecule has 5 atom stereocenters. The van der Waals surface area contributed by atoms with Crippen molar-refractivity contribution in [2.24, 2.45) is 11.8 Å². The molecule has 1 aromatic rings. The van der Waals surface area contributed by atoms with Crippen molar-refractivity contribution in [1.29, 1.82) is 0 Å². The van der Waals surface area contributed by atoms with Gasteiger partial charge in [0.15, 0.2) is 0 Å². The summed E-state index contributed by atoms with van der Waals surface area (Å²) in [5, 5.41) is 9.88. The number of anilines is 2. The van der Waals surface area contributed by atoms with Crippen LogP contribution in [-0.2, 0) is 19.1 Å². The second kappa shape index (κ2) is 11.8. The molecule has 212 valence electrons. The van der Waals surface area contributed by atoms with Crippen LogP contribution in [-0.4, -0.2) is 82.7 Å². The van der Waals surface area contributed by atoms with Crippen molar-refractivity contribution in [2.45, 2.75) is 55.6 Å². The van der Waals surface area contributed by atoms with E-state index in [1.807, 2.05) is 31.2 Å². The van der Waals surface area contributed by atoms with Gasteiger partial charge in [-0.2, -0.15) is 0 Å². The molecule has 3 aliphatic heterocycles. The van der Waals surface area contributed by atoms with Crippen molar-refractivity contribution in [3.8, 4) is 0 Å². The number of fused-ring (bicyclic) bond motifs is 1. The highest BCUT2D eigenvalue weighted by atomic mass is 32.2. The van der Waals surface area contributed by atoms with Gasteiger partial charge in [0, 0.05) is 42.3 Å². The van der Waals surface area contributed by atoms with E-state index in [-0.39, 0.29) is 38.1 Å². The van der Waals surface area contributed by atoms with Crippen LogP contribution >= 0.6 is 11.8 Å². The number of thioether (sulfide) groups is 1. The molecule has 1 N–H and O–H groups in total. The first-order chi connectivity index (χ1) is 18.7. The summed E-state index contributed by atoms with van der Waals surface area (Å²) in [5.41, 5.74) is 1.79. The molecule has 39 heavy (non-hydrogen) atoms. The molecule has 2 bridgehead atoms. The van der Waals surface area contributed by atoms with Crippen LogP contribution in [0.25, 0.3) is 0 Å². The Balaban J connectivity index is 1.71. The van der Waals surface area contributed by atoms with Crippen LogP contribution in [0.4, 0.5) is 11.4 Å². The summed E-state index contributed by atoms with van der Waals surface area (Å²) in [5.74, 6) is -2.17. The minimum Gasteiger partial charge on any atom is -0.465 e. The summed E-state index contributed by atoms with van der Waals surface area (Å²) in [6.07, 6.45) is 5.25. The number of hydrogen-bond acceptors (Lipinski definition) is 7. The summed E-state index contributed by atoms with van der Waals surface area (Å²) >= 11 is 1.60. The molecule has 0 saturated carbocycles. The molecule has 2 amide bonds. The molecule has 4 rings (SSSR count). The van der Waals surface area contributed by atoms with Gasteiger partial charge in [0.2, 0.25) is 5.91 Å². The lowest BCUT2D eigenvalue weighted by Crippen LogP contribution is -2.55. The predicted octanol–water partition coefficient (Wildman–Crippen LogP) is 3.64. The third-order valence-corrected chi connectivity index (χ3v) is 10.5. The lowest BCUT2D eigenvalue weighted by Gasteiger charge is -2.37. The molecule has 9 heteroatoms. The van der Waals surface area contributed by atoms with Gasteiger partial charge in [0.25, 0.3) is 5.91 Å². The molecule has 0 aromatic heterocycles. The first-order valence-corrected chi connectivity index (χ1v) is 14.7. The van der Waals surface area contributed by atoms with Gasteiger partial charge in [0.05, 0.1) is 29.8 Å². The molecule has 3 saturated heterocycles. The van der Waals surface area contributed by atoms with E-state index >= 15 is 0 Å². The normalized spacial score (nSPS) is 28.8. The van der Waals surface area contributed by atoms with Crippen LogP contribution in [0.3, 0.4) is 0 Å². The fourth-order valence-corrected chi connectivity index (χ4v) is 9.11. The molecule has 1 spiro atoms. The smallest absolute Gasteiger partial charge is 0.311 e. The summed E-state index contributed by atoms with van der Waals surface area (Å²) < 4.78 is 4.32. The van der Waals surface area contributed by atoms with Gasteiger partial charge in [-0.05, 0) is 64.3 Å². The van der Waals surface area contributed by atoms with Crippen LogP contribution in [0.1, 0.15) is 40.0 Å². The Kier molecular flexibility index (Phi) is 8.81. The van der Waals surface area contributed by atoms with Gasteiger partial charge in [0.1, 0.15) is 6.04 Å². The van der Waals surface area contributed by atoms with Crippen LogP contribution in [0.15, 0.2) is 49.6 Å². The minimum atomic E-state index is -0.803. The Labute approximate surface area is 236 Å². The van der Waals surface area contributed by atoms with E-state index in [0.717, 1.165) is 24.5 Å². The number of amides is 2. The average molecular weight is 556 g/mol. The van der Waals surface area contributed by atoms with Crippen LogP contribution < -0.4 is 9.80 Å². The van der Waals surface area contributed by atoms with Crippen LogP contribution in [0, 0.1) is 11.8 Å². The Morgan fingerprint density at radius 2 is 1.82 bits per heavy atom. The quantitative estimate of drug-likeness (QED) is 0.226. The van der Waals surface area contributed by atoms with Gasteiger partial charge < -0.3 is 24.5 Å². The number of carbonyl (C=O) groups is 3. The Morgan fingerprint density at radius 1 is 1.15 bits per heavy atom. The molecule has 3 aliphatic rings. The highest BCUT2D eigenvalue weighted by Gasteiger charge is 2.77. The number of hydrogen-bond donors (Lipinski definition) is 1. The SMILES string of the molecule is C=CCCOC(=O)[C@@H]1[C@H]2C(=O)N(CCO)C(C(=O)N(CC=C)c3ccc(N(CC)CC)cc3)C23CC[C@@]1(C)S3. The monoisotopic (exact) mass is 555 g/mol. The molecule has 3 heterocycles. The number of β-amino-alcohol motifs (C(OH)–C–C–N with tert-alkyl or cyclic N) is 1. The Hall–Kier alpha value is -2.78. The van der Waals surface area contributed by atoms with Crippen molar-refractivity contribution in [2.75, 3.05) is 49.2 Å². The molecule has 8 nitrogen and oxygen atoms in total. The predicted molar refractivity (Wildman–Crippen MR) is 156 cm³/mol. The summed E-state index contributed by atoms with van der Waals surface area (Å²) in [6.45, 7) is 15.8. The number of nitrogens with zero attached hydrogens (tertiary/aromatic N) is 3. The van der Waals surface area contributed by atoms with E-state index in [1.54, 1.807) is 28.8 Å². The van der Waals surface area contributed by atoms with E-state index in [0.29, 0.717) is 19.3 Å². The van der Waals surface area contributed by atoms with E-state index in [1.165, 1.54) is 4.90 Å². The zero-order valence-electron chi connectivity index (χ0n) is 23.3. The molecule has 2 unspecified atom stereocenters. The van der Waals surface area contributed by atoms with Crippen molar-refractivity contribution < 1.29 is 24.2 Å². The third kappa shape index (κ3) is 4.88. The first-order valence-electron chi connectivity index (χ1n) is 13.9. The summed E-state index contributed by atoms with van der Waals surface area (Å²) in [6, 6.07) is 7.06. The van der Waals surface area contributed by atoms with E-state index in [9.17, 15) is 19.5 Å². The lowest BCUT2D eigenvalue weighted by molar-refractivity contribution is -0.155.